The number of carbonyl (C=O) groups is 1. The number of alkyl halides is 3. The van der Waals surface area contributed by atoms with Gasteiger partial charge in [0.25, 0.3) is 0 Å². The quantitative estimate of drug-likeness (QED) is 0.897. The third-order valence-electron chi connectivity index (χ3n) is 3.52. The molecule has 0 spiro atoms. The summed E-state index contributed by atoms with van der Waals surface area (Å²) >= 11 is 0. The van der Waals surface area contributed by atoms with Crippen LogP contribution in [0.15, 0.2) is 42.5 Å². The van der Waals surface area contributed by atoms with Gasteiger partial charge in [0, 0.05) is 0 Å². The molecule has 23 heavy (non-hydrogen) atoms. The Morgan fingerprint density at radius 3 is 2.26 bits per heavy atom. The van der Waals surface area contributed by atoms with Crippen molar-refractivity contribution in [1.29, 1.82) is 0 Å². The van der Waals surface area contributed by atoms with Gasteiger partial charge in [-0.15, -0.1) is 0 Å². The third kappa shape index (κ3) is 3.83. The van der Waals surface area contributed by atoms with E-state index in [2.05, 4.69) is 0 Å². The second-order valence-electron chi connectivity index (χ2n) is 4.95. The fourth-order valence-corrected chi connectivity index (χ4v) is 2.50. The number of methoxy groups -OCH3 is 1. The lowest BCUT2D eigenvalue weighted by Gasteiger charge is -2.16. The van der Waals surface area contributed by atoms with Crippen LogP contribution in [-0.2, 0) is 19.0 Å². The molecule has 0 amide bonds. The first-order valence-corrected chi connectivity index (χ1v) is 6.89. The molecule has 0 aliphatic heterocycles. The first kappa shape index (κ1) is 16.9. The predicted octanol–water partition coefficient (Wildman–Crippen LogP) is 4.20. The zero-order valence-corrected chi connectivity index (χ0v) is 12.4. The van der Waals surface area contributed by atoms with Crippen LogP contribution >= 0.6 is 0 Å². The van der Waals surface area contributed by atoms with Gasteiger partial charge >= 0.3 is 12.1 Å². The van der Waals surface area contributed by atoms with Crippen LogP contribution in [0.1, 0.15) is 27.0 Å². The van der Waals surface area contributed by atoms with E-state index in [1.807, 2.05) is 0 Å². The van der Waals surface area contributed by atoms with Crippen molar-refractivity contribution in [2.75, 3.05) is 7.11 Å². The lowest BCUT2D eigenvalue weighted by molar-refractivity contribution is -0.138. The number of benzene rings is 2. The van der Waals surface area contributed by atoms with Crippen molar-refractivity contribution in [1.82, 2.24) is 0 Å². The van der Waals surface area contributed by atoms with Crippen molar-refractivity contribution >= 4 is 5.97 Å². The van der Waals surface area contributed by atoms with E-state index in [0.717, 1.165) is 11.6 Å². The highest BCUT2D eigenvalue weighted by atomic mass is 19.4. The van der Waals surface area contributed by atoms with Gasteiger partial charge in [0.15, 0.2) is 0 Å². The van der Waals surface area contributed by atoms with Crippen LogP contribution in [0.5, 0.6) is 5.75 Å². The monoisotopic (exact) mass is 324 g/mol. The van der Waals surface area contributed by atoms with Crippen molar-refractivity contribution in [3.63, 3.8) is 0 Å². The lowest BCUT2D eigenvalue weighted by Crippen LogP contribution is -2.16. The average Bonchev–Trinajstić information content (AvgIpc) is 2.51. The zero-order chi connectivity index (χ0) is 17.0. The van der Waals surface area contributed by atoms with Crippen LogP contribution in [0.3, 0.4) is 0 Å². The Morgan fingerprint density at radius 2 is 1.65 bits per heavy atom. The molecule has 0 saturated carbocycles. The standard InChI is InChI=1S/C17H15F3O3/c1-23-14-8-3-2-5-11(14)9-10-12-6-4-7-13(16(21)22)15(12)17(18,19)20/h2-8H,9-10H2,1H3,(H,21,22). The van der Waals surface area contributed by atoms with Crippen molar-refractivity contribution in [3.05, 3.63) is 64.7 Å². The normalized spacial score (nSPS) is 11.3. The number of ether oxygens (including phenoxy) is 1. The number of hydrogen-bond donors (Lipinski definition) is 1. The van der Waals surface area contributed by atoms with Gasteiger partial charge in [-0.1, -0.05) is 30.3 Å². The highest BCUT2D eigenvalue weighted by Gasteiger charge is 2.37. The summed E-state index contributed by atoms with van der Waals surface area (Å²) in [6, 6.07) is 10.7. The van der Waals surface area contributed by atoms with E-state index in [0.29, 0.717) is 12.2 Å². The average molecular weight is 324 g/mol. The summed E-state index contributed by atoms with van der Waals surface area (Å²) in [5.74, 6) is -0.994. The molecule has 0 radical (unpaired) electrons. The number of aromatic carboxylic acids is 1. The van der Waals surface area contributed by atoms with Gasteiger partial charge in [0.2, 0.25) is 0 Å². The fraction of sp³-hybridized carbons (Fsp3) is 0.235. The molecule has 6 heteroatoms. The first-order valence-electron chi connectivity index (χ1n) is 6.89. The Hall–Kier alpha value is -2.50. The Labute approximate surface area is 131 Å². The third-order valence-corrected chi connectivity index (χ3v) is 3.52. The Bertz CT molecular complexity index is 708. The molecule has 0 aliphatic rings. The van der Waals surface area contributed by atoms with Gasteiger partial charge in [0.1, 0.15) is 5.75 Å². The Morgan fingerprint density at radius 1 is 1.04 bits per heavy atom. The molecular weight excluding hydrogens is 309 g/mol. The van der Waals surface area contributed by atoms with Gasteiger partial charge in [-0.05, 0) is 36.1 Å². The minimum Gasteiger partial charge on any atom is -0.496 e. The minimum absolute atomic E-state index is 0.0386. The van der Waals surface area contributed by atoms with Gasteiger partial charge in [-0.25, -0.2) is 4.79 Å². The Balaban J connectivity index is 2.37. The van der Waals surface area contributed by atoms with Crippen LogP contribution in [0.25, 0.3) is 0 Å². The van der Waals surface area contributed by atoms with Crippen LogP contribution < -0.4 is 4.74 Å². The maximum atomic E-state index is 13.3. The van der Waals surface area contributed by atoms with Crippen LogP contribution in [-0.4, -0.2) is 18.2 Å². The number of carboxylic acid groups (broad SMARTS) is 1. The predicted molar refractivity (Wildman–Crippen MR) is 78.8 cm³/mol. The number of halogens is 3. The number of hydrogen-bond acceptors (Lipinski definition) is 2. The molecule has 2 aromatic rings. The molecule has 0 heterocycles. The van der Waals surface area contributed by atoms with Gasteiger partial charge in [-0.2, -0.15) is 13.2 Å². The molecule has 2 rings (SSSR count). The summed E-state index contributed by atoms with van der Waals surface area (Å²) < 4.78 is 44.9. The van der Waals surface area contributed by atoms with E-state index >= 15 is 0 Å². The molecular formula is C17H15F3O3. The molecule has 1 N–H and O–H groups in total. The van der Waals surface area contributed by atoms with Gasteiger partial charge in [0.05, 0.1) is 18.2 Å². The molecule has 0 atom stereocenters. The summed E-state index contributed by atoms with van der Waals surface area (Å²) in [4.78, 5) is 11.1. The van der Waals surface area contributed by atoms with E-state index in [1.54, 1.807) is 24.3 Å². The summed E-state index contributed by atoms with van der Waals surface area (Å²) in [5, 5.41) is 9.00. The van der Waals surface area contributed by atoms with Gasteiger partial charge < -0.3 is 9.84 Å². The smallest absolute Gasteiger partial charge is 0.417 e. The Kier molecular flexibility index (Phi) is 4.93. The van der Waals surface area contributed by atoms with Crippen LogP contribution in [0, 0.1) is 0 Å². The highest BCUT2D eigenvalue weighted by molar-refractivity contribution is 5.90. The highest BCUT2D eigenvalue weighted by Crippen LogP contribution is 2.35. The van der Waals surface area contributed by atoms with Crippen LogP contribution in [0.2, 0.25) is 0 Å². The zero-order valence-electron chi connectivity index (χ0n) is 12.4. The summed E-state index contributed by atoms with van der Waals surface area (Å²) in [7, 11) is 1.49. The molecule has 2 aromatic carbocycles. The SMILES string of the molecule is COc1ccccc1CCc1cccc(C(=O)O)c1C(F)(F)F. The van der Waals surface area contributed by atoms with E-state index in [4.69, 9.17) is 9.84 Å². The molecule has 3 nitrogen and oxygen atoms in total. The molecule has 0 aliphatic carbocycles. The molecule has 0 bridgehead atoms. The maximum Gasteiger partial charge on any atom is 0.417 e. The second-order valence-corrected chi connectivity index (χ2v) is 4.95. The second kappa shape index (κ2) is 6.73. The topological polar surface area (TPSA) is 46.5 Å². The molecule has 0 aromatic heterocycles. The van der Waals surface area contributed by atoms with E-state index < -0.39 is 23.3 Å². The minimum atomic E-state index is -4.72. The largest absolute Gasteiger partial charge is 0.496 e. The maximum absolute atomic E-state index is 13.3. The fourth-order valence-electron chi connectivity index (χ4n) is 2.50. The van der Waals surface area contributed by atoms with E-state index in [1.165, 1.54) is 19.2 Å². The molecule has 0 unspecified atom stereocenters. The van der Waals surface area contributed by atoms with Crippen molar-refractivity contribution < 1.29 is 27.8 Å². The molecule has 0 saturated heterocycles. The molecule has 0 fully saturated rings. The van der Waals surface area contributed by atoms with Crippen LogP contribution in [0.4, 0.5) is 13.2 Å². The van der Waals surface area contributed by atoms with Gasteiger partial charge in [-0.3, -0.25) is 0 Å². The first-order chi connectivity index (χ1) is 10.8. The van der Waals surface area contributed by atoms with E-state index in [-0.39, 0.29) is 12.0 Å². The summed E-state index contributed by atoms with van der Waals surface area (Å²) in [5.41, 5.74) is -1.08. The van der Waals surface area contributed by atoms with Crippen molar-refractivity contribution in [2.45, 2.75) is 19.0 Å². The van der Waals surface area contributed by atoms with Crippen molar-refractivity contribution in [3.8, 4) is 5.75 Å². The number of carboxylic acids is 1. The number of rotatable bonds is 5. The number of para-hydroxylation sites is 1. The lowest BCUT2D eigenvalue weighted by atomic mass is 9.95. The van der Waals surface area contributed by atoms with Crippen molar-refractivity contribution in [2.24, 2.45) is 0 Å². The summed E-state index contributed by atoms with van der Waals surface area (Å²) in [6.45, 7) is 0. The summed E-state index contributed by atoms with van der Waals surface area (Å²) in [6.07, 6.45) is -4.34. The molecule has 122 valence electrons. The van der Waals surface area contributed by atoms with E-state index in [9.17, 15) is 18.0 Å². The number of aryl methyl sites for hydroxylation is 2.